The van der Waals surface area contributed by atoms with Crippen LogP contribution in [0.2, 0.25) is 0 Å². The van der Waals surface area contributed by atoms with Gasteiger partial charge in [-0.05, 0) is 12.1 Å². The summed E-state index contributed by atoms with van der Waals surface area (Å²) in [4.78, 5) is 3.80. The second kappa shape index (κ2) is 7.73. The van der Waals surface area contributed by atoms with Gasteiger partial charge in [0.25, 0.3) is 0 Å². The normalized spacial score (nSPS) is 13.9. The van der Waals surface area contributed by atoms with Gasteiger partial charge in [0, 0.05) is 18.6 Å². The Morgan fingerprint density at radius 2 is 1.76 bits per heavy atom. The minimum absolute atomic E-state index is 0.00333. The number of aromatic nitrogens is 2. The van der Waals surface area contributed by atoms with E-state index >= 15 is 0 Å². The average Bonchev–Trinajstić information content (AvgIpc) is 2.89. The molecule has 0 bridgehead atoms. The molecule has 6 nitrogen and oxygen atoms in total. The maximum atomic E-state index is 13.6. The van der Waals surface area contributed by atoms with E-state index in [9.17, 15) is 13.2 Å². The third-order valence-corrected chi connectivity index (χ3v) is 4.51. The van der Waals surface area contributed by atoms with Crippen LogP contribution in [-0.2, 0) is 12.7 Å². The predicted octanol–water partition coefficient (Wildman–Crippen LogP) is 4.30. The molecule has 0 unspecified atom stereocenters. The van der Waals surface area contributed by atoms with E-state index in [1.54, 1.807) is 30.3 Å². The van der Waals surface area contributed by atoms with Crippen LogP contribution in [0.5, 0.6) is 23.0 Å². The fourth-order valence-corrected chi connectivity index (χ4v) is 3.21. The first-order chi connectivity index (χ1) is 14.0. The second-order valence-electron chi connectivity index (χ2n) is 6.42. The van der Waals surface area contributed by atoms with Gasteiger partial charge in [0.2, 0.25) is 5.82 Å². The SMILES string of the molecule is COc1ccccc1OCCn1c(C(F)(F)F)nc2cc3c(cc21)OCCCO3. The lowest BCUT2D eigenvalue weighted by atomic mass is 10.2. The van der Waals surface area contributed by atoms with Gasteiger partial charge in [0.1, 0.15) is 6.61 Å². The van der Waals surface area contributed by atoms with Gasteiger partial charge in [-0.25, -0.2) is 4.98 Å². The summed E-state index contributed by atoms with van der Waals surface area (Å²) in [5.41, 5.74) is 0.504. The second-order valence-corrected chi connectivity index (χ2v) is 6.42. The van der Waals surface area contributed by atoms with E-state index in [1.165, 1.54) is 13.2 Å². The zero-order valence-electron chi connectivity index (χ0n) is 15.7. The number of imidazole rings is 1. The van der Waals surface area contributed by atoms with E-state index in [2.05, 4.69) is 4.98 Å². The quantitative estimate of drug-likeness (QED) is 0.630. The molecule has 0 saturated carbocycles. The van der Waals surface area contributed by atoms with Crippen molar-refractivity contribution in [1.82, 2.24) is 9.55 Å². The standard InChI is InChI=1S/C20H19F3N2O4/c1-26-15-5-2-3-6-16(15)29-10-7-25-14-12-18-17(27-8-4-9-28-18)11-13(14)24-19(25)20(21,22)23/h2-3,5-6,11-12H,4,7-10H2,1H3. The number of hydrogen-bond donors (Lipinski definition) is 0. The number of hydrogen-bond acceptors (Lipinski definition) is 5. The van der Waals surface area contributed by atoms with Crippen LogP contribution < -0.4 is 18.9 Å². The Kier molecular flexibility index (Phi) is 5.12. The summed E-state index contributed by atoms with van der Waals surface area (Å²) in [6, 6.07) is 9.99. The Bertz CT molecular complexity index is 1020. The number of nitrogens with zero attached hydrogens (tertiary/aromatic N) is 2. The number of methoxy groups -OCH3 is 1. The maximum absolute atomic E-state index is 13.6. The van der Waals surface area contributed by atoms with E-state index in [0.29, 0.717) is 48.1 Å². The summed E-state index contributed by atoms with van der Waals surface area (Å²) in [6.07, 6.45) is -3.91. The lowest BCUT2D eigenvalue weighted by Crippen LogP contribution is -2.18. The summed E-state index contributed by atoms with van der Waals surface area (Å²) in [5, 5.41) is 0. The zero-order chi connectivity index (χ0) is 20.4. The Labute approximate surface area is 164 Å². The number of fused-ring (bicyclic) bond motifs is 2. The fourth-order valence-electron chi connectivity index (χ4n) is 3.21. The van der Waals surface area contributed by atoms with Crippen molar-refractivity contribution in [2.24, 2.45) is 0 Å². The van der Waals surface area contributed by atoms with Crippen molar-refractivity contribution in [1.29, 1.82) is 0 Å². The summed E-state index contributed by atoms with van der Waals surface area (Å²) in [5.74, 6) is 0.791. The first-order valence-electron chi connectivity index (χ1n) is 9.10. The monoisotopic (exact) mass is 408 g/mol. The molecule has 1 aliphatic rings. The van der Waals surface area contributed by atoms with Crippen LogP contribution in [0.1, 0.15) is 12.2 Å². The van der Waals surface area contributed by atoms with Crippen molar-refractivity contribution in [3.8, 4) is 23.0 Å². The molecule has 0 saturated heterocycles. The van der Waals surface area contributed by atoms with Crippen LogP contribution in [0.3, 0.4) is 0 Å². The van der Waals surface area contributed by atoms with Gasteiger partial charge >= 0.3 is 6.18 Å². The van der Waals surface area contributed by atoms with Gasteiger partial charge in [-0.2, -0.15) is 13.2 Å². The van der Waals surface area contributed by atoms with Crippen molar-refractivity contribution in [2.45, 2.75) is 19.1 Å². The highest BCUT2D eigenvalue weighted by molar-refractivity contribution is 5.81. The van der Waals surface area contributed by atoms with Crippen molar-refractivity contribution >= 4 is 11.0 Å². The molecule has 9 heteroatoms. The molecule has 2 aromatic carbocycles. The summed E-state index contributed by atoms with van der Waals surface area (Å²) in [7, 11) is 1.50. The number of ether oxygens (including phenoxy) is 4. The number of alkyl halides is 3. The van der Waals surface area contributed by atoms with Crippen LogP contribution in [0, 0.1) is 0 Å². The van der Waals surface area contributed by atoms with E-state index in [0.717, 1.165) is 4.57 Å². The highest BCUT2D eigenvalue weighted by Crippen LogP contribution is 2.38. The molecule has 0 aliphatic carbocycles. The smallest absolute Gasteiger partial charge is 0.449 e. The Morgan fingerprint density at radius 1 is 1.07 bits per heavy atom. The molecule has 3 aromatic rings. The van der Waals surface area contributed by atoms with E-state index in [-0.39, 0.29) is 18.7 Å². The minimum Gasteiger partial charge on any atom is -0.493 e. The lowest BCUT2D eigenvalue weighted by Gasteiger charge is -2.14. The molecule has 0 amide bonds. The number of rotatable bonds is 5. The van der Waals surface area contributed by atoms with Crippen LogP contribution in [0.4, 0.5) is 13.2 Å². The average molecular weight is 408 g/mol. The molecule has 2 heterocycles. The first kappa shape index (κ1) is 19.2. The van der Waals surface area contributed by atoms with Gasteiger partial charge in [-0.3, -0.25) is 0 Å². The Morgan fingerprint density at radius 3 is 2.45 bits per heavy atom. The van der Waals surface area contributed by atoms with Crippen LogP contribution in [-0.4, -0.2) is 36.5 Å². The maximum Gasteiger partial charge on any atom is 0.449 e. The first-order valence-corrected chi connectivity index (χ1v) is 9.10. The van der Waals surface area contributed by atoms with Crippen molar-refractivity contribution in [3.05, 3.63) is 42.2 Å². The summed E-state index contributed by atoms with van der Waals surface area (Å²) < 4.78 is 63.9. The van der Waals surface area contributed by atoms with E-state index < -0.39 is 12.0 Å². The van der Waals surface area contributed by atoms with E-state index in [1.807, 2.05) is 0 Å². The molecule has 4 rings (SSSR count). The van der Waals surface area contributed by atoms with Crippen LogP contribution in [0.15, 0.2) is 36.4 Å². The van der Waals surface area contributed by atoms with Crippen LogP contribution >= 0.6 is 0 Å². The number of para-hydroxylation sites is 2. The third-order valence-electron chi connectivity index (χ3n) is 4.51. The topological polar surface area (TPSA) is 54.7 Å². The minimum atomic E-state index is -4.61. The molecule has 29 heavy (non-hydrogen) atoms. The summed E-state index contributed by atoms with van der Waals surface area (Å²) in [6.45, 7) is 0.833. The van der Waals surface area contributed by atoms with Crippen molar-refractivity contribution in [2.75, 3.05) is 26.9 Å². The Hall–Kier alpha value is -3.10. The highest BCUT2D eigenvalue weighted by atomic mass is 19.4. The van der Waals surface area contributed by atoms with Crippen LogP contribution in [0.25, 0.3) is 11.0 Å². The van der Waals surface area contributed by atoms with Gasteiger partial charge < -0.3 is 23.5 Å². The Balaban J connectivity index is 1.66. The van der Waals surface area contributed by atoms with Crippen molar-refractivity contribution in [3.63, 3.8) is 0 Å². The van der Waals surface area contributed by atoms with Gasteiger partial charge in [-0.1, -0.05) is 12.1 Å². The summed E-state index contributed by atoms with van der Waals surface area (Å²) >= 11 is 0. The fraction of sp³-hybridized carbons (Fsp3) is 0.350. The molecule has 0 fully saturated rings. The molecular formula is C20H19F3N2O4. The molecule has 0 radical (unpaired) electrons. The third kappa shape index (κ3) is 3.90. The van der Waals surface area contributed by atoms with Gasteiger partial charge in [-0.15, -0.1) is 0 Å². The lowest BCUT2D eigenvalue weighted by molar-refractivity contribution is -0.147. The van der Waals surface area contributed by atoms with Gasteiger partial charge in [0.15, 0.2) is 23.0 Å². The molecule has 0 N–H and O–H groups in total. The molecule has 154 valence electrons. The largest absolute Gasteiger partial charge is 0.493 e. The van der Waals surface area contributed by atoms with Crippen molar-refractivity contribution < 1.29 is 32.1 Å². The molecule has 1 aliphatic heterocycles. The predicted molar refractivity (Wildman–Crippen MR) is 98.8 cm³/mol. The molecule has 0 atom stereocenters. The zero-order valence-corrected chi connectivity index (χ0v) is 15.7. The highest BCUT2D eigenvalue weighted by Gasteiger charge is 2.38. The number of benzene rings is 2. The number of halogens is 3. The van der Waals surface area contributed by atoms with Gasteiger partial charge in [0.05, 0.1) is 37.9 Å². The molecular weight excluding hydrogens is 389 g/mol. The molecule has 0 spiro atoms. The molecule has 1 aromatic heterocycles. The van der Waals surface area contributed by atoms with E-state index in [4.69, 9.17) is 18.9 Å².